The number of methoxy groups -OCH3 is 3. The molecule has 1 N–H and O–H groups in total. The molecule has 1 amide bonds. The second kappa shape index (κ2) is 6.91. The third kappa shape index (κ3) is 3.04. The first-order valence-corrected chi connectivity index (χ1v) is 8.68. The molecule has 132 valence electrons. The van der Waals surface area contributed by atoms with E-state index in [0.717, 1.165) is 11.8 Å². The van der Waals surface area contributed by atoms with E-state index < -0.39 is 0 Å². The van der Waals surface area contributed by atoms with Gasteiger partial charge in [0.2, 0.25) is 5.75 Å². The van der Waals surface area contributed by atoms with Crippen molar-refractivity contribution in [3.05, 3.63) is 17.7 Å². The summed E-state index contributed by atoms with van der Waals surface area (Å²) in [6.07, 6.45) is 5.28. The number of carbonyl (C=O) groups is 1. The molecular weight excluding hydrogens is 306 g/mol. The summed E-state index contributed by atoms with van der Waals surface area (Å²) in [5.74, 6) is 3.66. The molecule has 4 atom stereocenters. The summed E-state index contributed by atoms with van der Waals surface area (Å²) in [7, 11) is 4.66. The molecule has 24 heavy (non-hydrogen) atoms. The fraction of sp³-hybridized carbons (Fsp3) is 0.632. The number of fused-ring (bicyclic) bond motifs is 2. The predicted octanol–water partition coefficient (Wildman–Crippen LogP) is 3.27. The van der Waals surface area contributed by atoms with Gasteiger partial charge in [-0.3, -0.25) is 4.79 Å². The predicted molar refractivity (Wildman–Crippen MR) is 92.0 cm³/mol. The molecule has 5 nitrogen and oxygen atoms in total. The summed E-state index contributed by atoms with van der Waals surface area (Å²) in [6.45, 7) is 2.13. The van der Waals surface area contributed by atoms with E-state index in [2.05, 4.69) is 12.2 Å². The molecule has 0 unspecified atom stereocenters. The highest BCUT2D eigenvalue weighted by molar-refractivity contribution is 5.95. The van der Waals surface area contributed by atoms with E-state index in [4.69, 9.17) is 14.2 Å². The molecule has 1 aromatic rings. The van der Waals surface area contributed by atoms with Crippen LogP contribution < -0.4 is 19.5 Å². The van der Waals surface area contributed by atoms with E-state index in [1.807, 2.05) is 0 Å². The van der Waals surface area contributed by atoms with E-state index in [1.54, 1.807) is 33.5 Å². The Kier molecular flexibility index (Phi) is 4.88. The molecule has 2 bridgehead atoms. The highest BCUT2D eigenvalue weighted by Gasteiger charge is 2.42. The summed E-state index contributed by atoms with van der Waals surface area (Å²) in [5.41, 5.74) is 0.527. The molecule has 5 heteroatoms. The summed E-state index contributed by atoms with van der Waals surface area (Å²) in [4.78, 5) is 12.7. The lowest BCUT2D eigenvalue weighted by Crippen LogP contribution is -2.40. The zero-order valence-electron chi connectivity index (χ0n) is 14.9. The lowest BCUT2D eigenvalue weighted by atomic mass is 9.84. The van der Waals surface area contributed by atoms with Gasteiger partial charge in [-0.05, 0) is 56.1 Å². The number of hydrogen-bond donors (Lipinski definition) is 1. The quantitative estimate of drug-likeness (QED) is 0.868. The Labute approximate surface area is 143 Å². The third-order valence-electron chi connectivity index (χ3n) is 5.72. The van der Waals surface area contributed by atoms with Crippen molar-refractivity contribution in [3.63, 3.8) is 0 Å². The van der Waals surface area contributed by atoms with Gasteiger partial charge in [0.25, 0.3) is 5.91 Å². The van der Waals surface area contributed by atoms with Crippen molar-refractivity contribution in [1.82, 2.24) is 5.32 Å². The standard InChI is InChI=1S/C19H27NO4/c1-11(15-8-12-5-6-13(15)7-12)20-19(21)14-9-16(22-2)18(24-4)17(10-14)23-3/h9-13,15H,5-8H2,1-4H3,(H,20,21)/t11-,12+,13+,15-/m1/s1. The van der Waals surface area contributed by atoms with Crippen LogP contribution in [0.3, 0.4) is 0 Å². The van der Waals surface area contributed by atoms with Gasteiger partial charge in [0.1, 0.15) is 0 Å². The van der Waals surface area contributed by atoms with Gasteiger partial charge in [0.05, 0.1) is 21.3 Å². The molecule has 2 fully saturated rings. The molecular formula is C19H27NO4. The zero-order valence-corrected chi connectivity index (χ0v) is 14.9. The van der Waals surface area contributed by atoms with Crippen LogP contribution in [0, 0.1) is 17.8 Å². The Morgan fingerprint density at radius 1 is 1.08 bits per heavy atom. The second-order valence-electron chi connectivity index (χ2n) is 7.01. The van der Waals surface area contributed by atoms with Crippen LogP contribution in [0.25, 0.3) is 0 Å². The minimum Gasteiger partial charge on any atom is -0.493 e. The van der Waals surface area contributed by atoms with Crippen molar-refractivity contribution in [3.8, 4) is 17.2 Å². The van der Waals surface area contributed by atoms with E-state index in [0.29, 0.717) is 28.7 Å². The molecule has 0 radical (unpaired) electrons. The first kappa shape index (κ1) is 16.9. The van der Waals surface area contributed by atoms with Gasteiger partial charge in [-0.1, -0.05) is 6.42 Å². The molecule has 2 aliphatic rings. The lowest BCUT2D eigenvalue weighted by Gasteiger charge is -2.28. The number of hydrogen-bond acceptors (Lipinski definition) is 4. The van der Waals surface area contributed by atoms with Gasteiger partial charge < -0.3 is 19.5 Å². The van der Waals surface area contributed by atoms with Crippen LogP contribution in [0.15, 0.2) is 12.1 Å². The number of carbonyl (C=O) groups excluding carboxylic acids is 1. The van der Waals surface area contributed by atoms with Crippen molar-refractivity contribution >= 4 is 5.91 Å². The largest absolute Gasteiger partial charge is 0.493 e. The molecule has 1 aromatic carbocycles. The summed E-state index contributed by atoms with van der Waals surface area (Å²) in [6, 6.07) is 3.58. The van der Waals surface area contributed by atoms with Crippen molar-refractivity contribution in [1.29, 1.82) is 0 Å². The van der Waals surface area contributed by atoms with Gasteiger partial charge >= 0.3 is 0 Å². The van der Waals surface area contributed by atoms with Gasteiger partial charge in [0.15, 0.2) is 11.5 Å². The first-order chi connectivity index (χ1) is 11.6. The van der Waals surface area contributed by atoms with Crippen LogP contribution in [0.5, 0.6) is 17.2 Å². The number of amides is 1. The first-order valence-electron chi connectivity index (χ1n) is 8.68. The number of rotatable bonds is 6. The third-order valence-corrected chi connectivity index (χ3v) is 5.72. The molecule has 2 saturated carbocycles. The molecule has 2 aliphatic carbocycles. The van der Waals surface area contributed by atoms with E-state index in [-0.39, 0.29) is 11.9 Å². The molecule has 0 saturated heterocycles. The maximum atomic E-state index is 12.7. The van der Waals surface area contributed by atoms with E-state index in [1.165, 1.54) is 25.7 Å². The maximum Gasteiger partial charge on any atom is 0.251 e. The Bertz CT molecular complexity index is 590. The van der Waals surface area contributed by atoms with E-state index >= 15 is 0 Å². The minimum absolute atomic E-state index is 0.0930. The fourth-order valence-corrected chi connectivity index (χ4v) is 4.52. The van der Waals surface area contributed by atoms with Crippen LogP contribution in [0.4, 0.5) is 0 Å². The molecule has 0 aliphatic heterocycles. The van der Waals surface area contributed by atoms with E-state index in [9.17, 15) is 4.79 Å². The normalized spacial score (nSPS) is 26.1. The molecule has 3 rings (SSSR count). The van der Waals surface area contributed by atoms with Crippen molar-refractivity contribution in [2.75, 3.05) is 21.3 Å². The highest BCUT2D eigenvalue weighted by Crippen LogP contribution is 2.49. The minimum atomic E-state index is -0.0930. The van der Waals surface area contributed by atoms with Crippen LogP contribution in [0.1, 0.15) is 43.0 Å². The van der Waals surface area contributed by atoms with Crippen LogP contribution in [0.2, 0.25) is 0 Å². The molecule has 0 heterocycles. The van der Waals surface area contributed by atoms with Crippen LogP contribution in [-0.2, 0) is 0 Å². The van der Waals surface area contributed by atoms with Crippen molar-refractivity contribution in [2.24, 2.45) is 17.8 Å². The number of ether oxygens (including phenoxy) is 3. The second-order valence-corrected chi connectivity index (χ2v) is 7.01. The molecule has 0 aromatic heterocycles. The van der Waals surface area contributed by atoms with Crippen molar-refractivity contribution < 1.29 is 19.0 Å². The van der Waals surface area contributed by atoms with Gasteiger partial charge in [-0.15, -0.1) is 0 Å². The maximum absolute atomic E-state index is 12.7. The van der Waals surface area contributed by atoms with Gasteiger partial charge in [0, 0.05) is 11.6 Å². The number of nitrogens with one attached hydrogen (secondary N) is 1. The average molecular weight is 333 g/mol. The van der Waals surface area contributed by atoms with Gasteiger partial charge in [-0.2, -0.15) is 0 Å². The monoisotopic (exact) mass is 333 g/mol. The van der Waals surface area contributed by atoms with Crippen LogP contribution in [-0.4, -0.2) is 33.3 Å². The molecule has 0 spiro atoms. The SMILES string of the molecule is COc1cc(C(=O)N[C@H](C)[C@H]2C[C@H]3CC[C@H]2C3)cc(OC)c1OC. The highest BCUT2D eigenvalue weighted by atomic mass is 16.5. The summed E-state index contributed by atoms with van der Waals surface area (Å²) < 4.78 is 16.0. The Hall–Kier alpha value is -1.91. The Morgan fingerprint density at radius 2 is 1.75 bits per heavy atom. The Balaban J connectivity index is 1.74. The van der Waals surface area contributed by atoms with Gasteiger partial charge in [-0.25, -0.2) is 0 Å². The van der Waals surface area contributed by atoms with Crippen molar-refractivity contribution in [2.45, 2.75) is 38.6 Å². The Morgan fingerprint density at radius 3 is 2.21 bits per heavy atom. The zero-order chi connectivity index (χ0) is 17.3. The fourth-order valence-electron chi connectivity index (χ4n) is 4.52. The summed E-state index contributed by atoms with van der Waals surface area (Å²) >= 11 is 0. The topological polar surface area (TPSA) is 56.8 Å². The number of benzene rings is 1. The smallest absolute Gasteiger partial charge is 0.251 e. The van der Waals surface area contributed by atoms with Crippen LogP contribution >= 0.6 is 0 Å². The average Bonchev–Trinajstić information content (AvgIpc) is 3.23. The summed E-state index contributed by atoms with van der Waals surface area (Å²) in [5, 5.41) is 3.17. The lowest BCUT2D eigenvalue weighted by molar-refractivity contribution is 0.0914.